The number of nitrogens with zero attached hydrogens (tertiary/aromatic N) is 3. The number of aromatic nitrogens is 1. The monoisotopic (exact) mass is 883 g/mol. The smallest absolute Gasteiger partial charge is 0.455 e. The van der Waals surface area contributed by atoms with E-state index in [2.05, 4.69) is 51.1 Å². The van der Waals surface area contributed by atoms with Crippen LogP contribution in [0.4, 0.5) is 11.4 Å². The van der Waals surface area contributed by atoms with E-state index < -0.39 is 56.0 Å². The van der Waals surface area contributed by atoms with Crippen LogP contribution in [0.2, 0.25) is 11.4 Å². The molecule has 1 aromatic heterocycles. The molecule has 3 aliphatic rings. The van der Waals surface area contributed by atoms with Gasteiger partial charge < -0.3 is 19.2 Å². The Morgan fingerprint density at radius 1 is 0.877 bits per heavy atom. The first kappa shape index (κ1) is 43.7. The van der Waals surface area contributed by atoms with E-state index in [1.807, 2.05) is 84.9 Å². The molecule has 2 fully saturated rings. The van der Waals surface area contributed by atoms with E-state index in [9.17, 15) is 29.8 Å². The van der Waals surface area contributed by atoms with Crippen LogP contribution in [-0.4, -0.2) is 60.0 Å². The van der Waals surface area contributed by atoms with Crippen LogP contribution in [0.25, 0.3) is 22.4 Å². The molecule has 6 aromatic rings. The third kappa shape index (κ3) is 8.14. The lowest BCUT2D eigenvalue weighted by Crippen LogP contribution is -2.66. The summed E-state index contributed by atoms with van der Waals surface area (Å²) in [6, 6.07) is 43.3. The first-order valence-electron chi connectivity index (χ1n) is 22.1. The Kier molecular flexibility index (Phi) is 12.0. The highest BCUT2D eigenvalue weighted by Gasteiger charge is 2.58. The fourth-order valence-corrected chi connectivity index (χ4v) is 15.1. The number of pyridine rings is 1. The number of hydrogen-bond acceptors (Lipinski definition) is 9. The topological polar surface area (TPSA) is 152 Å². The van der Waals surface area contributed by atoms with Crippen molar-refractivity contribution in [2.75, 3.05) is 11.5 Å². The number of aromatic hydroxyl groups is 1. The van der Waals surface area contributed by atoms with Gasteiger partial charge >= 0.3 is 7.12 Å². The average molecular weight is 884 g/mol. The van der Waals surface area contributed by atoms with Crippen molar-refractivity contribution in [2.24, 2.45) is 17.8 Å². The molecule has 0 spiro atoms. The first-order chi connectivity index (χ1) is 31.4. The van der Waals surface area contributed by atoms with Gasteiger partial charge in [0.25, 0.3) is 14.0 Å². The predicted molar refractivity (Wildman–Crippen MR) is 256 cm³/mol. The summed E-state index contributed by atoms with van der Waals surface area (Å²) in [5.74, 6) is -2.89. The van der Waals surface area contributed by atoms with Crippen LogP contribution in [0.3, 0.4) is 0 Å². The second kappa shape index (κ2) is 17.8. The van der Waals surface area contributed by atoms with Gasteiger partial charge in [0.15, 0.2) is 0 Å². The third-order valence-corrected chi connectivity index (χ3v) is 18.4. The molecule has 65 heavy (non-hydrogen) atoms. The van der Waals surface area contributed by atoms with E-state index in [-0.39, 0.29) is 41.5 Å². The predicted octanol–water partition coefficient (Wildman–Crippen LogP) is 8.75. The van der Waals surface area contributed by atoms with Gasteiger partial charge in [0.1, 0.15) is 5.75 Å². The van der Waals surface area contributed by atoms with Crippen molar-refractivity contribution in [1.29, 1.82) is 0 Å². The molecule has 1 aliphatic carbocycles. The molecule has 5 aromatic carbocycles. The maximum atomic E-state index is 14.7. The summed E-state index contributed by atoms with van der Waals surface area (Å²) in [4.78, 5) is 46.5. The highest BCUT2D eigenvalue weighted by atomic mass is 28.4. The van der Waals surface area contributed by atoms with Gasteiger partial charge in [-0.2, -0.15) is 0 Å². The Morgan fingerprint density at radius 3 is 2.22 bits per heavy atom. The number of benzene rings is 5. The fraction of sp³-hybridized carbons (Fsp3) is 0.250. The number of fused-ring (bicyclic) bond motifs is 4. The van der Waals surface area contributed by atoms with Gasteiger partial charge in [-0.05, 0) is 105 Å². The maximum Gasteiger partial charge on any atom is 0.455 e. The van der Waals surface area contributed by atoms with Crippen molar-refractivity contribution in [3.63, 3.8) is 0 Å². The minimum atomic E-state index is -3.11. The third-order valence-electron chi connectivity index (χ3n) is 13.4. The molecular formula is C52H50BN3O8Si. The standard InChI is InChI=1S/C52H50BN3O8Si/c1-52(2,3)65(39-17-6-4-7-18-39,40-19-8-5-9-20-40)63-33-36-30-43-49(51(59)55(50(43)58)37-15-14-16-38(31-37)56(61)62)44-32-53(60)64-47(48(36)44)27-25-35(45-23-12-13-28-54-45)29-34-24-26-46(57)42-22-11-10-21-41(34)42/h4-24,26,28-29,31,43-44,47,49,57,60H,25,27,30,32-33H2,1-3H3/b35-29-/t43-,44+,47-,49-/m1/s1. The summed E-state index contributed by atoms with van der Waals surface area (Å²) in [7, 11) is -4.34. The normalized spacial score (nSPS) is 20.3. The molecule has 2 aliphatic heterocycles. The van der Waals surface area contributed by atoms with Gasteiger partial charge in [0, 0.05) is 23.7 Å². The second-order valence-corrected chi connectivity index (χ2v) is 22.5. The van der Waals surface area contributed by atoms with E-state index in [0.29, 0.717) is 12.8 Å². The summed E-state index contributed by atoms with van der Waals surface area (Å²) in [5.41, 5.74) is 4.20. The highest BCUT2D eigenvalue weighted by molar-refractivity contribution is 6.99. The number of phenolic OH excluding ortho intramolecular Hbond substituents is 1. The second-order valence-electron chi connectivity index (χ2n) is 18.2. The van der Waals surface area contributed by atoms with E-state index in [4.69, 9.17) is 14.1 Å². The summed E-state index contributed by atoms with van der Waals surface area (Å²) < 4.78 is 14.1. The number of hydrogen-bond donors (Lipinski definition) is 2. The largest absolute Gasteiger partial charge is 0.507 e. The van der Waals surface area contributed by atoms with Crippen LogP contribution in [0.5, 0.6) is 5.75 Å². The minimum absolute atomic E-state index is 0.0833. The zero-order valence-corrected chi connectivity index (χ0v) is 37.5. The summed E-state index contributed by atoms with van der Waals surface area (Å²) in [6.07, 6.45) is 4.32. The number of nitro groups is 1. The quantitative estimate of drug-likeness (QED) is 0.0404. The van der Waals surface area contributed by atoms with Crippen LogP contribution in [-0.2, 0) is 18.7 Å². The number of non-ortho nitro benzene ring substituents is 1. The highest BCUT2D eigenvalue weighted by Crippen LogP contribution is 2.52. The zero-order chi connectivity index (χ0) is 45.5. The van der Waals surface area contributed by atoms with Crippen molar-refractivity contribution >= 4 is 71.4 Å². The van der Waals surface area contributed by atoms with Crippen molar-refractivity contribution in [2.45, 2.75) is 57.5 Å². The van der Waals surface area contributed by atoms with Gasteiger partial charge in [0.2, 0.25) is 11.8 Å². The Bertz CT molecular complexity index is 2790. The van der Waals surface area contributed by atoms with E-state index >= 15 is 0 Å². The Hall–Kier alpha value is -6.51. The number of carbonyl (C=O) groups is 2. The number of amides is 2. The molecule has 13 heteroatoms. The van der Waals surface area contributed by atoms with Gasteiger partial charge in [-0.25, -0.2) is 4.90 Å². The van der Waals surface area contributed by atoms with Gasteiger partial charge in [-0.1, -0.05) is 124 Å². The number of phenols is 1. The van der Waals surface area contributed by atoms with Crippen molar-refractivity contribution < 1.29 is 33.7 Å². The van der Waals surface area contributed by atoms with Crippen LogP contribution in [0.1, 0.15) is 51.3 Å². The lowest BCUT2D eigenvalue weighted by atomic mass is 9.58. The van der Waals surface area contributed by atoms with Crippen LogP contribution in [0.15, 0.2) is 157 Å². The minimum Gasteiger partial charge on any atom is -0.507 e. The molecule has 4 atom stereocenters. The number of carbonyl (C=O) groups excluding carboxylic acids is 2. The maximum absolute atomic E-state index is 14.7. The van der Waals surface area contributed by atoms with Crippen LogP contribution >= 0.6 is 0 Å². The molecule has 328 valence electrons. The molecule has 11 nitrogen and oxygen atoms in total. The molecule has 0 radical (unpaired) electrons. The lowest BCUT2D eigenvalue weighted by Gasteiger charge is -2.46. The molecule has 0 unspecified atom stereocenters. The molecule has 2 saturated heterocycles. The summed E-state index contributed by atoms with van der Waals surface area (Å²) in [5, 5.41) is 37.6. The molecule has 0 bridgehead atoms. The van der Waals surface area contributed by atoms with Crippen LogP contribution in [0, 0.1) is 27.9 Å². The Balaban J connectivity index is 1.15. The Morgan fingerprint density at radius 2 is 1.55 bits per heavy atom. The Labute approximate surface area is 379 Å². The van der Waals surface area contributed by atoms with Crippen molar-refractivity contribution in [1.82, 2.24) is 4.98 Å². The van der Waals surface area contributed by atoms with Crippen molar-refractivity contribution in [3.05, 3.63) is 178 Å². The van der Waals surface area contributed by atoms with Gasteiger partial charge in [-0.3, -0.25) is 24.7 Å². The van der Waals surface area contributed by atoms with Crippen LogP contribution < -0.4 is 15.3 Å². The number of rotatable bonds is 12. The van der Waals surface area contributed by atoms with Crippen molar-refractivity contribution in [3.8, 4) is 5.75 Å². The molecule has 3 heterocycles. The number of allylic oxidation sites excluding steroid dienone is 1. The molecular weight excluding hydrogens is 833 g/mol. The first-order valence-corrected chi connectivity index (χ1v) is 24.0. The average Bonchev–Trinajstić information content (AvgIpc) is 3.57. The summed E-state index contributed by atoms with van der Waals surface area (Å²) in [6.45, 7) is 6.77. The molecule has 9 rings (SSSR count). The number of nitro benzene ring substituents is 1. The van der Waals surface area contributed by atoms with E-state index in [1.54, 1.807) is 18.3 Å². The van der Waals surface area contributed by atoms with E-state index in [0.717, 1.165) is 54.0 Å². The lowest BCUT2D eigenvalue weighted by molar-refractivity contribution is -0.384. The molecule has 2 N–H and O–H groups in total. The molecule has 2 amide bonds. The molecule has 0 saturated carbocycles. The summed E-state index contributed by atoms with van der Waals surface area (Å²) >= 11 is 0. The fourth-order valence-electron chi connectivity index (χ4n) is 10.6. The van der Waals surface area contributed by atoms with E-state index in [1.165, 1.54) is 18.2 Å². The SMILES string of the molecule is CC(C)(C)[Si](OCC1=C2[C@@H](CC/C(=C/c3ccc(O)c4ccccc34)c3ccccn3)OB(O)C[C@@H]2[C@@H]2C(=O)N(c3cccc([N+](=O)[O-])c3)C(=O)[C@@H]2C1)(c1ccccc1)c1ccccc1. The van der Waals surface area contributed by atoms with Gasteiger partial charge in [0.05, 0.1) is 40.9 Å². The number of anilines is 1. The zero-order valence-electron chi connectivity index (χ0n) is 36.5. The number of imide groups is 1. The van der Waals surface area contributed by atoms with Gasteiger partial charge in [-0.15, -0.1) is 0 Å².